The third kappa shape index (κ3) is 10.3. The van der Waals surface area contributed by atoms with Gasteiger partial charge in [0.1, 0.15) is 0 Å². The van der Waals surface area contributed by atoms with Gasteiger partial charge in [0.05, 0.1) is 54.5 Å². The molecule has 0 saturated carbocycles. The summed E-state index contributed by atoms with van der Waals surface area (Å²) < 4.78 is 11.4. The fourth-order valence-electron chi connectivity index (χ4n) is 7.75. The monoisotopic (exact) mass is 898 g/mol. The van der Waals surface area contributed by atoms with Crippen LogP contribution in [-0.4, -0.2) is 89.6 Å². The second-order valence-corrected chi connectivity index (χ2v) is 15.6. The van der Waals surface area contributed by atoms with E-state index in [1.54, 1.807) is 55.1 Å². The number of hydrogen-bond donors (Lipinski definition) is 4. The number of fused-ring (bicyclic) bond motifs is 2. The maximum absolute atomic E-state index is 13.5. The summed E-state index contributed by atoms with van der Waals surface area (Å²) in [6.07, 6.45) is 4.77. The maximum atomic E-state index is 13.5. The quantitative estimate of drug-likeness (QED) is 0.0983. The van der Waals surface area contributed by atoms with E-state index in [9.17, 15) is 28.8 Å². The lowest BCUT2D eigenvalue weighted by molar-refractivity contribution is 0.0599. The number of nitrogens with two attached hydrogens (primary N) is 1. The number of carbonyl (C=O) groups excluding carboxylic acids is 4. The summed E-state index contributed by atoms with van der Waals surface area (Å²) in [5.41, 5.74) is 12.1. The molecule has 0 unspecified atom stereocenters. The molecule has 2 aliphatic heterocycles. The number of hydrogen-bond acceptors (Lipinski definition) is 11. The molecule has 19 heteroatoms. The Labute approximate surface area is 374 Å². The number of H-pyrrole nitrogens is 2. The molecular weight excluding hydrogens is 844 g/mol. The molecule has 340 valence electrons. The molecule has 8 rings (SSSR count). The van der Waals surface area contributed by atoms with Crippen molar-refractivity contribution < 1.29 is 28.7 Å². The maximum Gasteiger partial charge on any atom is 0.411 e. The molecule has 2 saturated heterocycles. The van der Waals surface area contributed by atoms with Crippen molar-refractivity contribution in [1.29, 1.82) is 0 Å². The van der Waals surface area contributed by atoms with Crippen LogP contribution in [0.15, 0.2) is 70.3 Å². The highest BCUT2D eigenvalue weighted by atomic mass is 35.5. The number of aromatic amines is 2. The van der Waals surface area contributed by atoms with Crippen molar-refractivity contribution in [3.8, 4) is 0 Å². The lowest BCUT2D eigenvalue weighted by Gasteiger charge is -2.35. The summed E-state index contributed by atoms with van der Waals surface area (Å²) in [6.45, 7) is 8.40. The van der Waals surface area contributed by atoms with Crippen molar-refractivity contribution in [2.24, 2.45) is 0 Å². The van der Waals surface area contributed by atoms with Crippen LogP contribution in [0, 0.1) is 27.7 Å². The molecule has 0 spiro atoms. The Bertz CT molecular complexity index is 2790. The van der Waals surface area contributed by atoms with Crippen molar-refractivity contribution in [1.82, 2.24) is 39.0 Å². The van der Waals surface area contributed by atoms with Gasteiger partial charge in [-0.25, -0.2) is 28.6 Å². The third-order valence-electron chi connectivity index (χ3n) is 11.4. The average Bonchev–Trinajstić information content (AvgIpc) is 3.92. The zero-order valence-electron chi connectivity index (χ0n) is 36.0. The van der Waals surface area contributed by atoms with Crippen LogP contribution in [0.4, 0.5) is 21.0 Å². The van der Waals surface area contributed by atoms with Crippen molar-refractivity contribution in [2.45, 2.75) is 85.7 Å². The van der Waals surface area contributed by atoms with Gasteiger partial charge < -0.3 is 25.0 Å². The number of methoxy groups -OCH3 is 2. The molecule has 0 radical (unpaired) electrons. The Morgan fingerprint density at radius 2 is 1.14 bits per heavy atom. The molecular formula is C45H55ClN10O8. The first-order valence-corrected chi connectivity index (χ1v) is 20.8. The van der Waals surface area contributed by atoms with Crippen LogP contribution in [0.3, 0.4) is 0 Å². The highest BCUT2D eigenvalue weighted by molar-refractivity contribution is 6.61. The average molecular weight is 899 g/mol. The number of piperidine rings is 2. The van der Waals surface area contributed by atoms with Gasteiger partial charge in [-0.15, -0.1) is 0 Å². The smallest absolute Gasteiger partial charge is 0.411 e. The Morgan fingerprint density at radius 3 is 1.59 bits per heavy atom. The number of benzene rings is 2. The fourth-order valence-corrected chi connectivity index (χ4v) is 7.75. The minimum Gasteiger partial charge on any atom is -0.457 e. The van der Waals surface area contributed by atoms with Gasteiger partial charge in [0.15, 0.2) is 11.3 Å². The van der Waals surface area contributed by atoms with Gasteiger partial charge in [-0.2, -0.15) is 0 Å². The molecule has 2 atom stereocenters. The number of ether oxygens (including phenoxy) is 2. The number of likely N-dealkylation sites (tertiary alicyclic amines) is 2. The Morgan fingerprint density at radius 1 is 0.703 bits per heavy atom. The number of rotatable bonds is 5. The van der Waals surface area contributed by atoms with Crippen molar-refractivity contribution in [3.63, 3.8) is 0 Å². The molecule has 2 aromatic carbocycles. The van der Waals surface area contributed by atoms with Crippen LogP contribution >= 0.6 is 11.6 Å². The van der Waals surface area contributed by atoms with E-state index in [4.69, 9.17) is 5.73 Å². The van der Waals surface area contributed by atoms with E-state index in [-0.39, 0.29) is 42.4 Å². The van der Waals surface area contributed by atoms with Gasteiger partial charge in [0, 0.05) is 65.0 Å². The molecule has 3 amide bonds. The van der Waals surface area contributed by atoms with Gasteiger partial charge in [0.25, 0.3) is 22.9 Å². The number of nitrogens with zero attached hydrogens (tertiary/aromatic N) is 6. The first-order valence-electron chi connectivity index (χ1n) is 20.5. The number of aryl methyl sites for hydroxylation is 2. The molecule has 0 aliphatic carbocycles. The molecule has 4 aromatic heterocycles. The first kappa shape index (κ1) is 48.1. The predicted octanol–water partition coefficient (Wildman–Crippen LogP) is 7.40. The molecule has 2 fully saturated rings. The van der Waals surface area contributed by atoms with Crippen molar-refractivity contribution in [2.75, 3.05) is 38.4 Å². The van der Waals surface area contributed by atoms with E-state index in [2.05, 4.69) is 46.6 Å². The van der Waals surface area contributed by atoms with Crippen LogP contribution in [0.5, 0.6) is 0 Å². The lowest BCUT2D eigenvalue weighted by atomic mass is 9.98. The molecule has 6 heterocycles. The van der Waals surface area contributed by atoms with E-state index in [1.807, 2.05) is 43.0 Å². The number of nitrogen functional groups attached to an aromatic ring is 1. The van der Waals surface area contributed by atoms with Gasteiger partial charge in [-0.1, -0.05) is 31.7 Å². The summed E-state index contributed by atoms with van der Waals surface area (Å²) in [6, 6.07) is 17.3. The second kappa shape index (κ2) is 20.9. The minimum atomic E-state index is -0.773. The number of aromatic nitrogens is 6. The number of anilines is 2. The van der Waals surface area contributed by atoms with E-state index in [1.165, 1.54) is 23.3 Å². The van der Waals surface area contributed by atoms with E-state index < -0.39 is 11.5 Å². The number of halogens is 1. The summed E-state index contributed by atoms with van der Waals surface area (Å²) >= 11 is 4.60. The number of carbonyl (C=O) groups is 4. The summed E-state index contributed by atoms with van der Waals surface area (Å²) in [7, 11) is 2.49. The van der Waals surface area contributed by atoms with Crippen LogP contribution in [-0.2, 0) is 9.47 Å². The Kier molecular flexibility index (Phi) is 15.7. The number of para-hydroxylation sites is 2. The SMILES string of the molecule is C.COC(=O)Cl.COC(=O)Nc1ccccc1C(=O)N1CCCC[C@H]1c1cc2nc(C)c(C)c(=O)n2[nH]1.Cc1nc2cc([C@@H]3CCCCN3C(=O)c3ccccc3N)[nH]n2c(=O)c1C. The molecule has 0 bridgehead atoms. The van der Waals surface area contributed by atoms with Gasteiger partial charge >= 0.3 is 11.5 Å². The Hall–Kier alpha value is -6.95. The summed E-state index contributed by atoms with van der Waals surface area (Å²) in [4.78, 5) is 85.5. The lowest BCUT2D eigenvalue weighted by Crippen LogP contribution is -2.39. The molecule has 64 heavy (non-hydrogen) atoms. The minimum absolute atomic E-state index is 0. The van der Waals surface area contributed by atoms with Crippen LogP contribution < -0.4 is 22.2 Å². The van der Waals surface area contributed by atoms with E-state index >= 15 is 0 Å². The standard InChI is InChI=1S/C22H25N5O4.C20H23N5O2.C2H3ClO2.CH4/c1-13-14(2)23-19-12-17(25-27(19)20(13)28)18-10-6-7-11-26(18)21(29)15-8-4-5-9-16(15)24-22(30)31-3;1-12-13(2)22-18-11-16(23-25(18)19(12)26)17-9-5-6-10-24(17)20(27)14-7-3-4-8-15(14)21;1-5-2(3)4;/h4-5,8-9,12,18,25H,6-7,10-11H2,1-3H3,(H,24,30);3-4,7-8,11,17,23H,5-6,9-10,21H2,1-2H3;1H3;1H4/t18-;17-;;/m00../s1. The molecule has 6 aromatic rings. The van der Waals surface area contributed by atoms with E-state index in [0.29, 0.717) is 63.7 Å². The summed E-state index contributed by atoms with van der Waals surface area (Å²) in [5.74, 6) is -0.271. The Balaban J connectivity index is 0.000000216. The summed E-state index contributed by atoms with van der Waals surface area (Å²) in [5, 5.41) is 8.93. The topological polar surface area (TPSA) is 232 Å². The number of nitrogens with one attached hydrogen (secondary N) is 3. The van der Waals surface area contributed by atoms with E-state index in [0.717, 1.165) is 55.6 Å². The van der Waals surface area contributed by atoms with Crippen molar-refractivity contribution >= 4 is 57.6 Å². The first-order chi connectivity index (χ1) is 30.1. The van der Waals surface area contributed by atoms with Crippen molar-refractivity contribution in [3.05, 3.63) is 126 Å². The van der Waals surface area contributed by atoms with Gasteiger partial charge in [-0.05, 0) is 90.5 Å². The third-order valence-corrected chi connectivity index (χ3v) is 11.5. The van der Waals surface area contributed by atoms with Crippen LogP contribution in [0.25, 0.3) is 11.3 Å². The highest BCUT2D eigenvalue weighted by Crippen LogP contribution is 2.34. The predicted molar refractivity (Wildman–Crippen MR) is 244 cm³/mol. The second-order valence-electron chi connectivity index (χ2n) is 15.3. The highest BCUT2D eigenvalue weighted by Gasteiger charge is 2.33. The number of amides is 3. The molecule has 18 nitrogen and oxygen atoms in total. The molecule has 2 aliphatic rings. The van der Waals surface area contributed by atoms with Crippen LogP contribution in [0.1, 0.15) is 113 Å². The fraction of sp³-hybridized carbons (Fsp3) is 0.378. The largest absolute Gasteiger partial charge is 0.457 e. The van der Waals surface area contributed by atoms with Gasteiger partial charge in [0.2, 0.25) is 0 Å². The zero-order chi connectivity index (χ0) is 45.5. The normalized spacial score (nSPS) is 15.8. The molecule has 5 N–H and O–H groups in total. The van der Waals surface area contributed by atoms with Crippen LogP contribution in [0.2, 0.25) is 0 Å². The van der Waals surface area contributed by atoms with Gasteiger partial charge in [-0.3, -0.25) is 34.7 Å². The zero-order valence-corrected chi connectivity index (χ0v) is 36.7.